The summed E-state index contributed by atoms with van der Waals surface area (Å²) in [5.41, 5.74) is 1.78. The lowest BCUT2D eigenvalue weighted by atomic mass is 10.1. The van der Waals surface area contributed by atoms with E-state index < -0.39 is 0 Å². The number of amides is 2. The van der Waals surface area contributed by atoms with Crippen LogP contribution in [-0.4, -0.2) is 36.3 Å². The summed E-state index contributed by atoms with van der Waals surface area (Å²) in [6.45, 7) is 7.52. The van der Waals surface area contributed by atoms with Gasteiger partial charge in [0.25, 0.3) is 5.91 Å². The van der Waals surface area contributed by atoms with Gasteiger partial charge in [0.2, 0.25) is 5.91 Å². The van der Waals surface area contributed by atoms with Gasteiger partial charge in [-0.15, -0.1) is 0 Å². The number of carbonyl (C=O) groups is 2. The van der Waals surface area contributed by atoms with E-state index in [0.29, 0.717) is 18.7 Å². The van der Waals surface area contributed by atoms with Crippen LogP contribution >= 0.6 is 0 Å². The molecule has 2 amide bonds. The van der Waals surface area contributed by atoms with Crippen molar-refractivity contribution in [3.63, 3.8) is 0 Å². The molecule has 1 N–H and O–H groups in total. The van der Waals surface area contributed by atoms with Crippen molar-refractivity contribution in [2.45, 2.75) is 40.0 Å². The zero-order chi connectivity index (χ0) is 15.7. The number of nitrogens with zero attached hydrogens (tertiary/aromatic N) is 1. The molecule has 0 fully saturated rings. The van der Waals surface area contributed by atoms with Crippen molar-refractivity contribution >= 4 is 11.8 Å². The fourth-order valence-corrected chi connectivity index (χ4v) is 2.09. The Labute approximate surface area is 127 Å². The Morgan fingerprint density at radius 1 is 1.10 bits per heavy atom. The van der Waals surface area contributed by atoms with Crippen LogP contribution in [-0.2, 0) is 4.79 Å². The Morgan fingerprint density at radius 3 is 2.33 bits per heavy atom. The molecule has 1 rings (SSSR count). The Hall–Kier alpha value is -1.84. The van der Waals surface area contributed by atoms with E-state index in [1.165, 1.54) is 0 Å². The summed E-state index contributed by atoms with van der Waals surface area (Å²) in [5, 5.41) is 2.86. The van der Waals surface area contributed by atoms with Crippen LogP contribution in [0.3, 0.4) is 0 Å². The van der Waals surface area contributed by atoms with E-state index in [-0.39, 0.29) is 11.8 Å². The minimum Gasteiger partial charge on any atom is -0.350 e. The van der Waals surface area contributed by atoms with Gasteiger partial charge in [-0.1, -0.05) is 37.5 Å². The monoisotopic (exact) mass is 290 g/mol. The highest BCUT2D eigenvalue weighted by Gasteiger charge is 2.09. The summed E-state index contributed by atoms with van der Waals surface area (Å²) in [7, 11) is 0. The normalized spacial score (nSPS) is 10.2. The van der Waals surface area contributed by atoms with Crippen LogP contribution in [0.1, 0.15) is 49.0 Å². The Bertz CT molecular complexity index is 454. The second-order valence-corrected chi connectivity index (χ2v) is 5.34. The largest absolute Gasteiger partial charge is 0.350 e. The molecule has 0 radical (unpaired) electrons. The lowest BCUT2D eigenvalue weighted by Gasteiger charge is -2.21. The van der Waals surface area contributed by atoms with Gasteiger partial charge in [0.1, 0.15) is 0 Å². The summed E-state index contributed by atoms with van der Waals surface area (Å²) >= 11 is 0. The maximum atomic E-state index is 12.0. The summed E-state index contributed by atoms with van der Waals surface area (Å²) in [5.74, 6) is -0.0252. The predicted molar refractivity (Wildman–Crippen MR) is 85.3 cm³/mol. The van der Waals surface area contributed by atoms with Crippen LogP contribution in [0, 0.1) is 6.92 Å². The summed E-state index contributed by atoms with van der Waals surface area (Å²) in [6.07, 6.45) is 3.28. The number of benzene rings is 1. The first-order valence-electron chi connectivity index (χ1n) is 7.65. The number of hydrogen-bond acceptors (Lipinski definition) is 2. The third kappa shape index (κ3) is 6.43. The van der Waals surface area contributed by atoms with E-state index >= 15 is 0 Å². The van der Waals surface area contributed by atoms with Crippen molar-refractivity contribution in [3.05, 3.63) is 35.4 Å². The predicted octanol–water partition coefficient (Wildman–Crippen LogP) is 2.76. The van der Waals surface area contributed by atoms with Gasteiger partial charge in [0, 0.05) is 32.1 Å². The number of aryl methyl sites for hydroxylation is 1. The van der Waals surface area contributed by atoms with Gasteiger partial charge in [-0.3, -0.25) is 9.59 Å². The molecular weight excluding hydrogens is 264 g/mol. The number of hydrogen-bond donors (Lipinski definition) is 1. The molecule has 4 heteroatoms. The smallest absolute Gasteiger partial charge is 0.251 e. The van der Waals surface area contributed by atoms with Crippen LogP contribution in [0.2, 0.25) is 0 Å². The lowest BCUT2D eigenvalue weighted by Crippen LogP contribution is -2.38. The molecule has 1 aromatic rings. The third-order valence-electron chi connectivity index (χ3n) is 3.46. The summed E-state index contributed by atoms with van der Waals surface area (Å²) in [4.78, 5) is 25.3. The number of unbranched alkanes of at least 4 members (excludes halogenated alkanes) is 2. The highest BCUT2D eigenvalue weighted by molar-refractivity contribution is 5.94. The molecule has 0 atom stereocenters. The van der Waals surface area contributed by atoms with Gasteiger partial charge in [-0.25, -0.2) is 0 Å². The molecule has 0 bridgehead atoms. The Morgan fingerprint density at radius 2 is 1.76 bits per heavy atom. The van der Waals surface area contributed by atoms with Crippen molar-refractivity contribution in [2.75, 3.05) is 19.6 Å². The quantitative estimate of drug-likeness (QED) is 0.748. The van der Waals surface area contributed by atoms with E-state index in [2.05, 4.69) is 12.2 Å². The van der Waals surface area contributed by atoms with Gasteiger partial charge < -0.3 is 10.2 Å². The van der Waals surface area contributed by atoms with Gasteiger partial charge in [0.15, 0.2) is 0 Å². The molecule has 0 aliphatic carbocycles. The molecule has 0 aliphatic heterocycles. The number of carbonyl (C=O) groups excluding carboxylic acids is 2. The van der Waals surface area contributed by atoms with Gasteiger partial charge in [-0.2, -0.15) is 0 Å². The molecule has 0 spiro atoms. The van der Waals surface area contributed by atoms with Gasteiger partial charge in [-0.05, 0) is 25.5 Å². The molecule has 0 heterocycles. The third-order valence-corrected chi connectivity index (χ3v) is 3.46. The van der Waals surface area contributed by atoms with Crippen molar-refractivity contribution in [1.29, 1.82) is 0 Å². The first kappa shape index (κ1) is 17.2. The van der Waals surface area contributed by atoms with Crippen LogP contribution in [0.25, 0.3) is 0 Å². The van der Waals surface area contributed by atoms with Crippen molar-refractivity contribution < 1.29 is 9.59 Å². The minimum absolute atomic E-state index is 0.0655. The second-order valence-electron chi connectivity index (χ2n) is 5.34. The van der Waals surface area contributed by atoms with Gasteiger partial charge >= 0.3 is 0 Å². The number of rotatable bonds is 8. The van der Waals surface area contributed by atoms with Crippen LogP contribution in [0.5, 0.6) is 0 Å². The molecule has 0 saturated carbocycles. The highest BCUT2D eigenvalue weighted by Crippen LogP contribution is 2.03. The van der Waals surface area contributed by atoms with Crippen molar-refractivity contribution in [3.8, 4) is 0 Å². The van der Waals surface area contributed by atoms with Crippen molar-refractivity contribution in [2.24, 2.45) is 0 Å². The zero-order valence-electron chi connectivity index (χ0n) is 13.3. The fraction of sp³-hybridized carbons (Fsp3) is 0.529. The van der Waals surface area contributed by atoms with E-state index in [9.17, 15) is 9.59 Å². The minimum atomic E-state index is -0.0907. The topological polar surface area (TPSA) is 49.4 Å². The van der Waals surface area contributed by atoms with Gasteiger partial charge in [0.05, 0.1) is 0 Å². The second kappa shape index (κ2) is 9.16. The Kier molecular flexibility index (Phi) is 7.51. The molecule has 0 aliphatic rings. The molecule has 0 unspecified atom stereocenters. The number of nitrogens with one attached hydrogen (secondary N) is 1. The molecule has 116 valence electrons. The molecule has 0 saturated heterocycles. The molecule has 0 aromatic heterocycles. The highest BCUT2D eigenvalue weighted by atomic mass is 16.2. The Balaban J connectivity index is 2.37. The van der Waals surface area contributed by atoms with E-state index in [4.69, 9.17) is 0 Å². The van der Waals surface area contributed by atoms with E-state index in [0.717, 1.165) is 31.4 Å². The zero-order valence-corrected chi connectivity index (χ0v) is 13.3. The van der Waals surface area contributed by atoms with Crippen LogP contribution < -0.4 is 5.32 Å². The summed E-state index contributed by atoms with van der Waals surface area (Å²) < 4.78 is 0. The maximum absolute atomic E-state index is 12.0. The molecule has 1 aromatic carbocycles. The lowest BCUT2D eigenvalue weighted by molar-refractivity contribution is -0.128. The molecule has 4 nitrogen and oxygen atoms in total. The maximum Gasteiger partial charge on any atom is 0.251 e. The van der Waals surface area contributed by atoms with E-state index in [1.54, 1.807) is 11.8 Å². The SMILES string of the molecule is CCCCCN(CCNC(=O)c1ccc(C)cc1)C(C)=O. The average molecular weight is 290 g/mol. The van der Waals surface area contributed by atoms with Crippen LogP contribution in [0.4, 0.5) is 0 Å². The average Bonchev–Trinajstić information content (AvgIpc) is 2.46. The summed E-state index contributed by atoms with van der Waals surface area (Å²) in [6, 6.07) is 7.46. The fourth-order valence-electron chi connectivity index (χ4n) is 2.09. The van der Waals surface area contributed by atoms with E-state index in [1.807, 2.05) is 31.2 Å². The molecule has 21 heavy (non-hydrogen) atoms. The van der Waals surface area contributed by atoms with Crippen molar-refractivity contribution in [1.82, 2.24) is 10.2 Å². The molecular formula is C17H26N2O2. The standard InChI is InChI=1S/C17H26N2O2/c1-4-5-6-12-19(15(3)20)13-11-18-17(21)16-9-7-14(2)8-10-16/h7-10H,4-6,11-13H2,1-3H3,(H,18,21). The first-order chi connectivity index (χ1) is 10.0. The first-order valence-corrected chi connectivity index (χ1v) is 7.65. The van der Waals surface area contributed by atoms with Crippen LogP contribution in [0.15, 0.2) is 24.3 Å².